The van der Waals surface area contributed by atoms with Gasteiger partial charge in [-0.15, -0.1) is 0 Å². The maximum atomic E-state index is 12.3. The van der Waals surface area contributed by atoms with Crippen molar-refractivity contribution in [2.24, 2.45) is 11.3 Å². The molecule has 1 aliphatic carbocycles. The van der Waals surface area contributed by atoms with Crippen molar-refractivity contribution < 1.29 is 24.2 Å². The predicted molar refractivity (Wildman–Crippen MR) is 80.5 cm³/mol. The zero-order valence-electron chi connectivity index (χ0n) is 13.7. The van der Waals surface area contributed by atoms with Crippen molar-refractivity contribution in [2.75, 3.05) is 19.8 Å². The molecule has 2 aliphatic rings. The smallest absolute Gasteiger partial charge is 0.330 e. The Hall–Kier alpha value is -1.14. The highest BCUT2D eigenvalue weighted by Crippen LogP contribution is 2.51. The highest BCUT2D eigenvalue weighted by molar-refractivity contribution is 5.89. The highest BCUT2D eigenvalue weighted by Gasteiger charge is 2.66. The molecule has 1 saturated heterocycles. The molecule has 1 amide bonds. The number of amides is 1. The Morgan fingerprint density at radius 3 is 2.45 bits per heavy atom. The Morgan fingerprint density at radius 1 is 1.32 bits per heavy atom. The number of aliphatic carboxylic acids is 1. The Bertz CT molecular complexity index is 430. The normalized spacial score (nSPS) is 31.3. The zero-order chi connectivity index (χ0) is 16.4. The lowest BCUT2D eigenvalue weighted by atomic mass is 9.54. The molecular formula is C16H27NO5. The molecule has 0 aromatic rings. The number of rotatable bonds is 6. The molecule has 6 heteroatoms. The van der Waals surface area contributed by atoms with Crippen LogP contribution in [0.15, 0.2) is 0 Å². The van der Waals surface area contributed by atoms with E-state index in [1.165, 1.54) is 0 Å². The molecule has 2 fully saturated rings. The molecule has 6 nitrogen and oxygen atoms in total. The largest absolute Gasteiger partial charge is 0.479 e. The molecule has 1 aliphatic heterocycles. The van der Waals surface area contributed by atoms with Crippen molar-refractivity contribution in [1.29, 1.82) is 0 Å². The number of hydrogen-bond acceptors (Lipinski definition) is 4. The molecule has 0 bridgehead atoms. The standard InChI is InChI=1S/C16H27NO5/c1-4-22-12-10-16(14(19)20,15(12,2)3)17-13(18)9-11-5-7-21-8-6-11/h11-12H,4-10H2,1-3H3,(H,17,18)(H,19,20). The van der Waals surface area contributed by atoms with Crippen LogP contribution >= 0.6 is 0 Å². The van der Waals surface area contributed by atoms with Gasteiger partial charge in [0.2, 0.25) is 5.91 Å². The third kappa shape index (κ3) is 2.99. The van der Waals surface area contributed by atoms with Gasteiger partial charge in [-0.05, 0) is 25.7 Å². The van der Waals surface area contributed by atoms with E-state index < -0.39 is 16.9 Å². The van der Waals surface area contributed by atoms with Crippen molar-refractivity contribution >= 4 is 11.9 Å². The molecule has 0 spiro atoms. The van der Waals surface area contributed by atoms with Gasteiger partial charge in [-0.2, -0.15) is 0 Å². The average molecular weight is 313 g/mol. The van der Waals surface area contributed by atoms with Crippen LogP contribution < -0.4 is 5.32 Å². The van der Waals surface area contributed by atoms with E-state index in [1.54, 1.807) is 0 Å². The van der Waals surface area contributed by atoms with Crippen LogP contribution in [0.4, 0.5) is 0 Å². The van der Waals surface area contributed by atoms with Crippen molar-refractivity contribution in [3.8, 4) is 0 Å². The van der Waals surface area contributed by atoms with E-state index in [1.807, 2.05) is 20.8 Å². The summed E-state index contributed by atoms with van der Waals surface area (Å²) >= 11 is 0. The fraction of sp³-hybridized carbons (Fsp3) is 0.875. The van der Waals surface area contributed by atoms with Crippen LogP contribution in [0, 0.1) is 11.3 Å². The van der Waals surface area contributed by atoms with Gasteiger partial charge in [0.15, 0.2) is 0 Å². The molecule has 2 rings (SSSR count). The van der Waals surface area contributed by atoms with Crippen molar-refractivity contribution in [1.82, 2.24) is 5.32 Å². The molecule has 126 valence electrons. The zero-order valence-corrected chi connectivity index (χ0v) is 13.7. The number of ether oxygens (including phenoxy) is 2. The van der Waals surface area contributed by atoms with Gasteiger partial charge >= 0.3 is 5.97 Å². The molecule has 2 N–H and O–H groups in total. The van der Waals surface area contributed by atoms with Crippen molar-refractivity contribution in [3.63, 3.8) is 0 Å². The van der Waals surface area contributed by atoms with E-state index in [0.717, 1.165) is 12.8 Å². The molecule has 22 heavy (non-hydrogen) atoms. The number of hydrogen-bond donors (Lipinski definition) is 2. The molecule has 0 radical (unpaired) electrons. The third-order valence-corrected chi connectivity index (χ3v) is 5.30. The molecule has 1 heterocycles. The van der Waals surface area contributed by atoms with Gasteiger partial charge in [-0.1, -0.05) is 13.8 Å². The second-order valence-corrected chi connectivity index (χ2v) is 6.89. The maximum absolute atomic E-state index is 12.3. The van der Waals surface area contributed by atoms with Crippen LogP contribution in [0.2, 0.25) is 0 Å². The fourth-order valence-electron chi connectivity index (χ4n) is 3.54. The average Bonchev–Trinajstić information content (AvgIpc) is 2.46. The summed E-state index contributed by atoms with van der Waals surface area (Å²) in [5.74, 6) is -0.878. The summed E-state index contributed by atoms with van der Waals surface area (Å²) in [6, 6.07) is 0. The molecule has 2 unspecified atom stereocenters. The Labute approximate surface area is 131 Å². The summed E-state index contributed by atoms with van der Waals surface area (Å²) in [4.78, 5) is 24.1. The van der Waals surface area contributed by atoms with Gasteiger partial charge in [0.05, 0.1) is 6.10 Å². The minimum atomic E-state index is -1.23. The monoisotopic (exact) mass is 313 g/mol. The van der Waals surface area contributed by atoms with E-state index in [-0.39, 0.29) is 17.9 Å². The first-order valence-electron chi connectivity index (χ1n) is 8.07. The number of carboxylic acid groups (broad SMARTS) is 1. The minimum Gasteiger partial charge on any atom is -0.479 e. The number of carboxylic acids is 1. The highest BCUT2D eigenvalue weighted by atomic mass is 16.5. The first-order valence-corrected chi connectivity index (χ1v) is 8.07. The van der Waals surface area contributed by atoms with E-state index in [4.69, 9.17) is 9.47 Å². The van der Waals surface area contributed by atoms with Crippen LogP contribution in [0.5, 0.6) is 0 Å². The summed E-state index contributed by atoms with van der Waals surface area (Å²) in [6.07, 6.45) is 2.27. The minimum absolute atomic E-state index is 0.142. The third-order valence-electron chi connectivity index (χ3n) is 5.30. The van der Waals surface area contributed by atoms with Gasteiger partial charge in [-0.25, -0.2) is 4.79 Å². The Kier molecular flexibility index (Phi) is 5.12. The quantitative estimate of drug-likeness (QED) is 0.777. The SMILES string of the molecule is CCOC1CC(NC(=O)CC2CCOCC2)(C(=O)O)C1(C)C. The lowest BCUT2D eigenvalue weighted by Crippen LogP contribution is -2.76. The van der Waals surface area contributed by atoms with Crippen LogP contribution in [0.25, 0.3) is 0 Å². The fourth-order valence-corrected chi connectivity index (χ4v) is 3.54. The van der Waals surface area contributed by atoms with Gasteiger partial charge in [0, 0.05) is 38.1 Å². The summed E-state index contributed by atoms with van der Waals surface area (Å²) < 4.78 is 10.9. The maximum Gasteiger partial charge on any atom is 0.330 e. The lowest BCUT2D eigenvalue weighted by molar-refractivity contribution is -0.194. The van der Waals surface area contributed by atoms with Gasteiger partial charge in [-0.3, -0.25) is 4.79 Å². The Morgan fingerprint density at radius 2 is 1.95 bits per heavy atom. The lowest BCUT2D eigenvalue weighted by Gasteiger charge is -2.58. The number of carbonyl (C=O) groups is 2. The summed E-state index contributed by atoms with van der Waals surface area (Å²) in [6.45, 7) is 7.49. The van der Waals surface area contributed by atoms with Gasteiger partial charge in [0.1, 0.15) is 5.54 Å². The van der Waals surface area contributed by atoms with Crippen molar-refractivity contribution in [3.05, 3.63) is 0 Å². The molecular weight excluding hydrogens is 286 g/mol. The summed E-state index contributed by atoms with van der Waals surface area (Å²) in [5, 5.41) is 12.5. The predicted octanol–water partition coefficient (Wildman–Crippen LogP) is 1.58. The molecule has 2 atom stereocenters. The van der Waals surface area contributed by atoms with E-state index in [2.05, 4.69) is 5.32 Å². The second-order valence-electron chi connectivity index (χ2n) is 6.89. The van der Waals surface area contributed by atoms with Gasteiger partial charge < -0.3 is 19.9 Å². The molecule has 0 aromatic carbocycles. The van der Waals surface area contributed by atoms with E-state index >= 15 is 0 Å². The molecule has 1 saturated carbocycles. The molecule has 0 aromatic heterocycles. The number of nitrogens with one attached hydrogen (secondary N) is 1. The summed E-state index contributed by atoms with van der Waals surface area (Å²) in [7, 11) is 0. The van der Waals surface area contributed by atoms with Crippen LogP contribution in [0.3, 0.4) is 0 Å². The van der Waals surface area contributed by atoms with Gasteiger partial charge in [0.25, 0.3) is 0 Å². The van der Waals surface area contributed by atoms with Crippen LogP contribution in [-0.2, 0) is 19.1 Å². The second kappa shape index (κ2) is 6.54. The summed E-state index contributed by atoms with van der Waals surface area (Å²) in [5.41, 5.74) is -1.85. The topological polar surface area (TPSA) is 84.9 Å². The first-order chi connectivity index (χ1) is 10.3. The van der Waals surface area contributed by atoms with E-state index in [9.17, 15) is 14.7 Å². The first kappa shape index (κ1) is 17.2. The number of carbonyl (C=O) groups excluding carboxylic acids is 1. The van der Waals surface area contributed by atoms with Crippen LogP contribution in [-0.4, -0.2) is 48.4 Å². The van der Waals surface area contributed by atoms with Crippen molar-refractivity contribution in [2.45, 2.75) is 58.1 Å². The van der Waals surface area contributed by atoms with Crippen LogP contribution in [0.1, 0.15) is 46.5 Å². The Balaban J connectivity index is 2.00. The van der Waals surface area contributed by atoms with E-state index in [0.29, 0.717) is 32.7 Å².